The van der Waals surface area contributed by atoms with Crippen molar-refractivity contribution in [1.29, 1.82) is 0 Å². The van der Waals surface area contributed by atoms with E-state index < -0.39 is 0 Å². The number of hydrogen-bond donors (Lipinski definition) is 1. The molecule has 0 aliphatic heterocycles. The Morgan fingerprint density at radius 2 is 0.759 bits per heavy atom. The second-order valence-corrected chi connectivity index (χ2v) is 9.83. The molecule has 0 fully saturated rings. The lowest BCUT2D eigenvalue weighted by atomic mass is 10.0. The molecular formula is C26H56ClNO. The lowest BCUT2D eigenvalue weighted by Crippen LogP contribution is -3.00. The molecule has 0 amide bonds. The van der Waals surface area contributed by atoms with Crippen LogP contribution < -0.4 is 12.4 Å². The third kappa shape index (κ3) is 24.4. The molecule has 1 unspecified atom stereocenters. The van der Waals surface area contributed by atoms with Crippen molar-refractivity contribution in [3.63, 3.8) is 0 Å². The van der Waals surface area contributed by atoms with Gasteiger partial charge in [-0.05, 0) is 13.3 Å². The molecule has 3 heteroatoms. The van der Waals surface area contributed by atoms with E-state index in [0.29, 0.717) is 6.04 Å². The maximum atomic E-state index is 9.88. The summed E-state index contributed by atoms with van der Waals surface area (Å²) in [7, 11) is 3.75. The molecule has 0 bridgehead atoms. The standard InChI is InChI=1S/C26H56NO.ClH/c1-5-6-7-8-9-10-11-12-13-14-15-16-17-18-19-20-21-22-23-24-25-26(2)27(3,4)28;/h26,28H,5-25H2,1-4H3;1H/q+1;/p-1. The van der Waals surface area contributed by atoms with E-state index in [2.05, 4.69) is 13.8 Å². The number of hydrogen-bond acceptors (Lipinski definition) is 1. The van der Waals surface area contributed by atoms with E-state index in [-0.39, 0.29) is 17.1 Å². The van der Waals surface area contributed by atoms with Gasteiger partial charge in [-0.1, -0.05) is 129 Å². The molecule has 0 aromatic rings. The Morgan fingerprint density at radius 3 is 1.00 bits per heavy atom. The first-order chi connectivity index (χ1) is 13.5. The van der Waals surface area contributed by atoms with E-state index in [4.69, 9.17) is 0 Å². The first-order valence-electron chi connectivity index (χ1n) is 13.0. The molecule has 0 radical (unpaired) electrons. The summed E-state index contributed by atoms with van der Waals surface area (Å²) >= 11 is 0. The summed E-state index contributed by atoms with van der Waals surface area (Å²) in [5, 5.41) is 9.88. The van der Waals surface area contributed by atoms with E-state index in [0.717, 1.165) is 6.42 Å². The van der Waals surface area contributed by atoms with Gasteiger partial charge in [-0.25, -0.2) is 5.21 Å². The first-order valence-corrected chi connectivity index (χ1v) is 13.0. The Balaban J connectivity index is 0. The van der Waals surface area contributed by atoms with E-state index in [1.807, 2.05) is 14.1 Å². The second kappa shape index (κ2) is 22.9. The van der Waals surface area contributed by atoms with Gasteiger partial charge in [0, 0.05) is 6.42 Å². The van der Waals surface area contributed by atoms with Gasteiger partial charge in [0.05, 0.1) is 14.1 Å². The van der Waals surface area contributed by atoms with Crippen LogP contribution in [0.4, 0.5) is 0 Å². The third-order valence-corrected chi connectivity index (χ3v) is 6.55. The molecule has 0 aliphatic carbocycles. The average molecular weight is 434 g/mol. The minimum Gasteiger partial charge on any atom is -1.00 e. The van der Waals surface area contributed by atoms with Crippen LogP contribution in [-0.4, -0.2) is 30.0 Å². The molecule has 1 N–H and O–H groups in total. The van der Waals surface area contributed by atoms with Gasteiger partial charge in [0.1, 0.15) is 6.04 Å². The van der Waals surface area contributed by atoms with Crippen LogP contribution in [0, 0.1) is 0 Å². The monoisotopic (exact) mass is 433 g/mol. The molecule has 0 saturated carbocycles. The number of quaternary nitrogens is 1. The van der Waals surface area contributed by atoms with Crippen LogP contribution in [0.15, 0.2) is 0 Å². The topological polar surface area (TPSA) is 20.2 Å². The highest BCUT2D eigenvalue weighted by atomic mass is 35.5. The molecule has 1 atom stereocenters. The van der Waals surface area contributed by atoms with Gasteiger partial charge in [0.25, 0.3) is 0 Å². The van der Waals surface area contributed by atoms with Crippen LogP contribution in [0.25, 0.3) is 0 Å². The molecule has 0 spiro atoms. The molecule has 0 heterocycles. The lowest BCUT2D eigenvalue weighted by Gasteiger charge is -2.27. The van der Waals surface area contributed by atoms with Crippen LogP contribution in [0.2, 0.25) is 0 Å². The largest absolute Gasteiger partial charge is 1.00 e. The molecule has 0 aromatic heterocycles. The predicted molar refractivity (Wildman–Crippen MR) is 126 cm³/mol. The van der Waals surface area contributed by atoms with Gasteiger partial charge in [0.2, 0.25) is 0 Å². The summed E-state index contributed by atoms with van der Waals surface area (Å²) in [6.07, 6.45) is 29.8. The maximum Gasteiger partial charge on any atom is 0.116 e. The third-order valence-electron chi connectivity index (χ3n) is 6.55. The van der Waals surface area contributed by atoms with E-state index in [9.17, 15) is 5.21 Å². The van der Waals surface area contributed by atoms with E-state index in [1.165, 1.54) is 128 Å². The van der Waals surface area contributed by atoms with Crippen LogP contribution in [0.5, 0.6) is 0 Å². The van der Waals surface area contributed by atoms with E-state index >= 15 is 0 Å². The predicted octanol–water partition coefficient (Wildman–Crippen LogP) is 6.06. The SMILES string of the molecule is CCCCCCCCCCCCCCCCCCCCCCC(C)[N+](C)(C)O.[Cl-]. The van der Waals surface area contributed by atoms with Gasteiger partial charge in [-0.15, -0.1) is 0 Å². The molecule has 0 rings (SSSR count). The van der Waals surface area contributed by atoms with Gasteiger partial charge in [-0.3, -0.25) is 0 Å². The highest BCUT2D eigenvalue weighted by Crippen LogP contribution is 2.16. The zero-order chi connectivity index (χ0) is 20.9. The minimum atomic E-state index is 0. The maximum absolute atomic E-state index is 9.88. The smallest absolute Gasteiger partial charge is 0.116 e. The van der Waals surface area contributed by atoms with Crippen molar-refractivity contribution < 1.29 is 22.3 Å². The van der Waals surface area contributed by atoms with E-state index in [1.54, 1.807) is 0 Å². The molecule has 2 nitrogen and oxygen atoms in total. The zero-order valence-electron chi connectivity index (χ0n) is 20.7. The zero-order valence-corrected chi connectivity index (χ0v) is 21.5. The van der Waals surface area contributed by atoms with Crippen LogP contribution >= 0.6 is 0 Å². The Morgan fingerprint density at radius 1 is 0.517 bits per heavy atom. The Hall–Kier alpha value is 0.210. The van der Waals surface area contributed by atoms with Gasteiger partial charge in [-0.2, -0.15) is 4.65 Å². The fourth-order valence-corrected chi connectivity index (χ4v) is 4.01. The quantitative estimate of drug-likeness (QED) is 0.125. The molecule has 29 heavy (non-hydrogen) atoms. The second-order valence-electron chi connectivity index (χ2n) is 9.83. The van der Waals surface area contributed by atoms with Crippen LogP contribution in [0.3, 0.4) is 0 Å². The lowest BCUT2D eigenvalue weighted by molar-refractivity contribution is -1.09. The van der Waals surface area contributed by atoms with Crippen molar-refractivity contribution in [1.82, 2.24) is 0 Å². The summed E-state index contributed by atoms with van der Waals surface area (Å²) in [5.74, 6) is 0. The highest BCUT2D eigenvalue weighted by molar-refractivity contribution is 4.53. The average Bonchev–Trinajstić information content (AvgIpc) is 2.65. The summed E-state index contributed by atoms with van der Waals surface area (Å²) < 4.78 is 0.110. The first kappa shape index (κ1) is 31.4. The molecule has 0 aliphatic rings. The molecule has 0 aromatic carbocycles. The van der Waals surface area contributed by atoms with Crippen molar-refractivity contribution in [3.05, 3.63) is 0 Å². The number of hydroxylamine groups is 3. The summed E-state index contributed by atoms with van der Waals surface area (Å²) in [6, 6.07) is 0.357. The Kier molecular flexibility index (Phi) is 24.8. The van der Waals surface area contributed by atoms with Gasteiger partial charge < -0.3 is 12.4 Å². The number of unbranched alkanes of at least 4 members (excludes halogenated alkanes) is 19. The van der Waals surface area contributed by atoms with Gasteiger partial charge in [0.15, 0.2) is 0 Å². The van der Waals surface area contributed by atoms with Crippen molar-refractivity contribution in [2.45, 2.75) is 155 Å². The number of rotatable bonds is 22. The van der Waals surface area contributed by atoms with Crippen LogP contribution in [0.1, 0.15) is 149 Å². The summed E-state index contributed by atoms with van der Waals surface area (Å²) in [6.45, 7) is 4.44. The normalized spacial score (nSPS) is 12.7. The van der Waals surface area contributed by atoms with Crippen molar-refractivity contribution >= 4 is 0 Å². The summed E-state index contributed by atoms with van der Waals surface area (Å²) in [4.78, 5) is 0. The highest BCUT2D eigenvalue weighted by Gasteiger charge is 2.20. The Labute approximate surface area is 191 Å². The van der Waals surface area contributed by atoms with Gasteiger partial charge >= 0.3 is 0 Å². The van der Waals surface area contributed by atoms with Crippen LogP contribution in [-0.2, 0) is 0 Å². The van der Waals surface area contributed by atoms with Crippen molar-refractivity contribution in [2.75, 3.05) is 14.1 Å². The summed E-state index contributed by atoms with van der Waals surface area (Å²) in [5.41, 5.74) is 0. The number of nitrogens with zero attached hydrogens (tertiary/aromatic N) is 1. The number of halogens is 1. The molecular weight excluding hydrogens is 378 g/mol. The van der Waals surface area contributed by atoms with Crippen molar-refractivity contribution in [3.8, 4) is 0 Å². The Bertz CT molecular complexity index is 304. The van der Waals surface area contributed by atoms with Crippen molar-refractivity contribution in [2.24, 2.45) is 0 Å². The minimum absolute atomic E-state index is 0. The fraction of sp³-hybridized carbons (Fsp3) is 1.00. The fourth-order valence-electron chi connectivity index (χ4n) is 4.01. The molecule has 0 saturated heterocycles. The molecule has 178 valence electrons.